The lowest BCUT2D eigenvalue weighted by molar-refractivity contribution is -0.155. The Morgan fingerprint density at radius 3 is 3.17 bits per heavy atom. The molecule has 18 heavy (non-hydrogen) atoms. The lowest BCUT2D eigenvalue weighted by Gasteiger charge is -2.12. The van der Waals surface area contributed by atoms with Crippen molar-refractivity contribution in [1.82, 2.24) is 19.7 Å². The number of aliphatic hydroxyl groups excluding tert-OH is 1. The first-order chi connectivity index (χ1) is 8.78. The number of anilines is 1. The molecule has 1 aliphatic rings. The minimum absolute atomic E-state index is 0.214. The number of imidazole rings is 1. The fourth-order valence-electron chi connectivity index (χ4n) is 1.62. The van der Waals surface area contributed by atoms with Crippen molar-refractivity contribution in [3.8, 4) is 0 Å². The maximum Gasteiger partial charge on any atom is 0.250 e. The second-order valence-corrected chi connectivity index (χ2v) is 3.62. The maximum absolute atomic E-state index is 8.86. The van der Waals surface area contributed by atoms with Crippen LogP contribution in [-0.2, 0) is 9.47 Å². The minimum Gasteiger partial charge on any atom is -0.391 e. The van der Waals surface area contributed by atoms with Crippen molar-refractivity contribution >= 4 is 17.0 Å². The zero-order chi connectivity index (χ0) is 12.5. The summed E-state index contributed by atoms with van der Waals surface area (Å²) in [6.07, 6.45) is 1.45. The van der Waals surface area contributed by atoms with E-state index in [1.807, 2.05) is 0 Å². The number of ether oxygens (including phenoxy) is 2. The topological polar surface area (TPSA) is 118 Å². The van der Waals surface area contributed by atoms with Crippen LogP contribution >= 0.6 is 0 Å². The van der Waals surface area contributed by atoms with E-state index in [4.69, 9.17) is 25.2 Å². The summed E-state index contributed by atoms with van der Waals surface area (Å²) in [5.74, 6) is 0.277. The second kappa shape index (κ2) is 4.37. The van der Waals surface area contributed by atoms with Gasteiger partial charge in [0.15, 0.2) is 17.6 Å². The Hall–Kier alpha value is -1.97. The molecule has 0 radical (unpaired) electrons. The third-order valence-electron chi connectivity index (χ3n) is 2.43. The lowest BCUT2D eigenvalue weighted by atomic mass is 10.5. The SMILES string of the molecule is Nc1ncnc2c1ncn2O[C@@H]1COC(CO)O1. The molecule has 9 heteroatoms. The number of aliphatic hydroxyl groups is 1. The molecule has 3 rings (SSSR count). The van der Waals surface area contributed by atoms with Crippen molar-refractivity contribution < 1.29 is 19.4 Å². The second-order valence-electron chi connectivity index (χ2n) is 3.62. The van der Waals surface area contributed by atoms with Gasteiger partial charge in [-0.25, -0.2) is 15.0 Å². The molecule has 0 spiro atoms. The number of rotatable bonds is 3. The molecule has 3 heterocycles. The fraction of sp³-hybridized carbons (Fsp3) is 0.444. The predicted molar refractivity (Wildman–Crippen MR) is 58.0 cm³/mol. The van der Waals surface area contributed by atoms with Crippen molar-refractivity contribution in [2.75, 3.05) is 18.9 Å². The zero-order valence-corrected chi connectivity index (χ0v) is 9.26. The van der Waals surface area contributed by atoms with E-state index in [2.05, 4.69) is 15.0 Å². The van der Waals surface area contributed by atoms with E-state index in [1.54, 1.807) is 0 Å². The van der Waals surface area contributed by atoms with Crippen molar-refractivity contribution in [3.63, 3.8) is 0 Å². The monoisotopic (exact) mass is 253 g/mol. The maximum atomic E-state index is 8.86. The quantitative estimate of drug-likeness (QED) is 0.680. The van der Waals surface area contributed by atoms with E-state index in [1.165, 1.54) is 17.4 Å². The Balaban J connectivity index is 1.81. The summed E-state index contributed by atoms with van der Waals surface area (Å²) < 4.78 is 11.7. The summed E-state index contributed by atoms with van der Waals surface area (Å²) in [6.45, 7) is -0.00881. The molecular weight excluding hydrogens is 242 g/mol. The van der Waals surface area contributed by atoms with Crippen molar-refractivity contribution in [1.29, 1.82) is 0 Å². The first-order valence-electron chi connectivity index (χ1n) is 5.26. The highest BCUT2D eigenvalue weighted by atomic mass is 16.9. The van der Waals surface area contributed by atoms with Gasteiger partial charge in [0.05, 0.1) is 6.61 Å². The molecular formula is C9H11N5O4. The van der Waals surface area contributed by atoms with Gasteiger partial charge in [-0.15, -0.1) is 4.73 Å². The van der Waals surface area contributed by atoms with Crippen LogP contribution in [0.2, 0.25) is 0 Å². The molecule has 0 saturated carbocycles. The average Bonchev–Trinajstić information content (AvgIpc) is 2.98. The molecule has 0 amide bonds. The highest BCUT2D eigenvalue weighted by Gasteiger charge is 2.28. The van der Waals surface area contributed by atoms with Gasteiger partial charge in [-0.2, -0.15) is 0 Å². The van der Waals surface area contributed by atoms with Crippen molar-refractivity contribution in [2.45, 2.75) is 12.6 Å². The van der Waals surface area contributed by atoms with Gasteiger partial charge in [-0.1, -0.05) is 0 Å². The van der Waals surface area contributed by atoms with Gasteiger partial charge < -0.3 is 25.2 Å². The molecule has 3 N–H and O–H groups in total. The average molecular weight is 253 g/mol. The van der Waals surface area contributed by atoms with Gasteiger partial charge >= 0.3 is 0 Å². The van der Waals surface area contributed by atoms with Crippen LogP contribution in [0.15, 0.2) is 12.7 Å². The number of nitrogens with two attached hydrogens (primary N) is 1. The summed E-state index contributed by atoms with van der Waals surface area (Å²) in [5.41, 5.74) is 6.55. The van der Waals surface area contributed by atoms with Crippen LogP contribution in [0.25, 0.3) is 11.2 Å². The van der Waals surface area contributed by atoms with E-state index >= 15 is 0 Å². The molecule has 9 nitrogen and oxygen atoms in total. The first kappa shape index (κ1) is 11.1. The number of nitrogens with zero attached hydrogens (tertiary/aromatic N) is 4. The molecule has 2 atom stereocenters. The van der Waals surface area contributed by atoms with Gasteiger partial charge in [-0.3, -0.25) is 0 Å². The van der Waals surface area contributed by atoms with E-state index < -0.39 is 12.6 Å². The van der Waals surface area contributed by atoms with Crippen LogP contribution in [-0.4, -0.2) is 50.6 Å². The van der Waals surface area contributed by atoms with Crippen LogP contribution in [0.1, 0.15) is 0 Å². The summed E-state index contributed by atoms with van der Waals surface area (Å²) in [5, 5.41) is 8.86. The van der Waals surface area contributed by atoms with Crippen molar-refractivity contribution in [3.05, 3.63) is 12.7 Å². The zero-order valence-electron chi connectivity index (χ0n) is 9.26. The summed E-state index contributed by atoms with van der Waals surface area (Å²) in [6, 6.07) is 0. The van der Waals surface area contributed by atoms with Crippen LogP contribution < -0.4 is 10.6 Å². The Kier molecular flexibility index (Phi) is 2.70. The summed E-state index contributed by atoms with van der Waals surface area (Å²) in [4.78, 5) is 17.4. The number of hydrogen-bond donors (Lipinski definition) is 2. The lowest BCUT2D eigenvalue weighted by Crippen LogP contribution is -2.27. The largest absolute Gasteiger partial charge is 0.391 e. The Morgan fingerprint density at radius 2 is 2.39 bits per heavy atom. The smallest absolute Gasteiger partial charge is 0.250 e. The summed E-state index contributed by atoms with van der Waals surface area (Å²) >= 11 is 0. The Bertz CT molecular complexity index is 559. The van der Waals surface area contributed by atoms with E-state index in [0.29, 0.717) is 11.2 Å². The highest BCUT2D eigenvalue weighted by Crippen LogP contribution is 2.15. The Labute approximate surface area is 101 Å². The van der Waals surface area contributed by atoms with Crippen LogP contribution in [0.5, 0.6) is 0 Å². The number of aromatic nitrogens is 4. The van der Waals surface area contributed by atoms with Gasteiger partial charge in [0, 0.05) is 0 Å². The minimum atomic E-state index is -0.663. The molecule has 0 bridgehead atoms. The molecule has 2 aromatic rings. The van der Waals surface area contributed by atoms with Crippen LogP contribution in [0, 0.1) is 0 Å². The van der Waals surface area contributed by atoms with Crippen LogP contribution in [0.3, 0.4) is 0 Å². The highest BCUT2D eigenvalue weighted by molar-refractivity contribution is 5.80. The molecule has 0 aromatic carbocycles. The number of fused-ring (bicyclic) bond motifs is 1. The third kappa shape index (κ3) is 1.83. The normalized spacial score (nSPS) is 23.6. The Morgan fingerprint density at radius 1 is 1.50 bits per heavy atom. The molecule has 2 aromatic heterocycles. The fourth-order valence-corrected chi connectivity index (χ4v) is 1.62. The van der Waals surface area contributed by atoms with Gasteiger partial charge in [-0.05, 0) is 0 Å². The molecule has 1 saturated heterocycles. The molecule has 1 fully saturated rings. The van der Waals surface area contributed by atoms with Gasteiger partial charge in [0.1, 0.15) is 19.3 Å². The molecule has 96 valence electrons. The number of nitrogen functional groups attached to an aromatic ring is 1. The first-order valence-corrected chi connectivity index (χ1v) is 5.26. The molecule has 1 aliphatic heterocycles. The molecule has 0 aliphatic carbocycles. The van der Waals surface area contributed by atoms with Gasteiger partial charge in [0.2, 0.25) is 5.65 Å². The summed E-state index contributed by atoms with van der Waals surface area (Å²) in [7, 11) is 0. The molecule has 1 unspecified atom stereocenters. The number of hydrogen-bond acceptors (Lipinski definition) is 8. The van der Waals surface area contributed by atoms with E-state index in [9.17, 15) is 0 Å². The van der Waals surface area contributed by atoms with Crippen molar-refractivity contribution in [2.24, 2.45) is 0 Å². The standard InChI is InChI=1S/C9H11N5O4/c10-8-7-9(12-3-11-8)14(4-13-7)18-6-2-16-5(1-15)17-6/h3-6,15H,1-2H2,(H2,10,11,12)/t5?,6-/m1/s1. The predicted octanol–water partition coefficient (Wildman–Crippen LogP) is -1.47. The van der Waals surface area contributed by atoms with E-state index in [0.717, 1.165) is 0 Å². The third-order valence-corrected chi connectivity index (χ3v) is 2.43. The van der Waals surface area contributed by atoms with E-state index in [-0.39, 0.29) is 19.0 Å². The van der Waals surface area contributed by atoms with Gasteiger partial charge in [0.25, 0.3) is 6.29 Å². The van der Waals surface area contributed by atoms with Crippen LogP contribution in [0.4, 0.5) is 5.82 Å².